The van der Waals surface area contributed by atoms with Gasteiger partial charge in [0.15, 0.2) is 0 Å². The lowest BCUT2D eigenvalue weighted by atomic mass is 9.90. The molecule has 3 rings (SSSR count). The number of carbonyl (C=O) groups excluding carboxylic acids is 1. The Morgan fingerprint density at radius 1 is 1.33 bits per heavy atom. The quantitative estimate of drug-likeness (QED) is 0.850. The Morgan fingerprint density at radius 3 is 2.83 bits per heavy atom. The number of amides is 1. The molecule has 1 saturated carbocycles. The zero-order valence-electron chi connectivity index (χ0n) is 14.3. The van der Waals surface area contributed by atoms with Crippen molar-refractivity contribution in [2.24, 2.45) is 0 Å². The van der Waals surface area contributed by atoms with E-state index < -0.39 is 0 Å². The van der Waals surface area contributed by atoms with Crippen molar-refractivity contribution >= 4 is 5.91 Å². The fourth-order valence-electron chi connectivity index (χ4n) is 3.78. The van der Waals surface area contributed by atoms with E-state index in [0.717, 1.165) is 18.4 Å². The molecule has 128 valence electrons. The predicted octanol–water partition coefficient (Wildman–Crippen LogP) is 2.16. The zero-order valence-corrected chi connectivity index (χ0v) is 14.3. The number of likely N-dealkylation sites (N-methyl/N-ethyl adjacent to an activating group) is 1. The van der Waals surface area contributed by atoms with Crippen molar-refractivity contribution in [1.29, 1.82) is 5.26 Å². The molecule has 0 bridgehead atoms. The lowest BCUT2D eigenvalue weighted by Crippen LogP contribution is -2.56. The lowest BCUT2D eigenvalue weighted by molar-refractivity contribution is -0.150. The van der Waals surface area contributed by atoms with E-state index in [1.54, 1.807) is 0 Å². The maximum Gasteiger partial charge on any atom is 0.237 e. The molecule has 1 saturated heterocycles. The highest BCUT2D eigenvalue weighted by Gasteiger charge is 2.36. The minimum absolute atomic E-state index is 0.200. The molecule has 1 aromatic rings. The van der Waals surface area contributed by atoms with Crippen LogP contribution in [0.2, 0.25) is 0 Å². The standard InChI is InChI=1S/C19H25N3O2/c1-21(13-16-8-6-15(12-20)7-9-16)14-19(23)22-10-11-24-18-5-3-2-4-17(18)22/h6-9,17-18H,2-5,10-11,13-14H2,1H3/t17-,18+/m0/s1. The van der Waals surface area contributed by atoms with Gasteiger partial charge in [0.25, 0.3) is 0 Å². The number of fused-ring (bicyclic) bond motifs is 1. The van der Waals surface area contributed by atoms with E-state index >= 15 is 0 Å². The van der Waals surface area contributed by atoms with Gasteiger partial charge in [-0.25, -0.2) is 0 Å². The molecule has 2 aliphatic rings. The number of hydrogen-bond donors (Lipinski definition) is 0. The SMILES string of the molecule is CN(CC(=O)N1CCO[C@@H]2CCCC[C@@H]21)Cc1ccc(C#N)cc1. The fourth-order valence-corrected chi connectivity index (χ4v) is 3.78. The van der Waals surface area contributed by atoms with Crippen LogP contribution >= 0.6 is 0 Å². The van der Waals surface area contributed by atoms with Gasteiger partial charge in [-0.3, -0.25) is 9.69 Å². The van der Waals surface area contributed by atoms with Crippen LogP contribution in [0.5, 0.6) is 0 Å². The maximum absolute atomic E-state index is 12.7. The van der Waals surface area contributed by atoms with Crippen molar-refractivity contribution in [3.8, 4) is 6.07 Å². The Morgan fingerprint density at radius 2 is 2.08 bits per heavy atom. The zero-order chi connectivity index (χ0) is 16.9. The molecule has 0 aromatic heterocycles. The largest absolute Gasteiger partial charge is 0.374 e. The summed E-state index contributed by atoms with van der Waals surface area (Å²) in [6.07, 6.45) is 4.78. The van der Waals surface area contributed by atoms with Gasteiger partial charge >= 0.3 is 0 Å². The minimum atomic E-state index is 0.200. The summed E-state index contributed by atoms with van der Waals surface area (Å²) in [6, 6.07) is 9.93. The molecule has 0 spiro atoms. The van der Waals surface area contributed by atoms with Crippen LogP contribution in [0.15, 0.2) is 24.3 Å². The highest BCUT2D eigenvalue weighted by atomic mass is 16.5. The van der Waals surface area contributed by atoms with Crippen LogP contribution in [0.3, 0.4) is 0 Å². The van der Waals surface area contributed by atoms with Crippen molar-refractivity contribution in [2.45, 2.75) is 44.4 Å². The Labute approximate surface area is 143 Å². The summed E-state index contributed by atoms with van der Waals surface area (Å²) in [4.78, 5) is 16.8. The van der Waals surface area contributed by atoms with E-state index in [9.17, 15) is 4.79 Å². The van der Waals surface area contributed by atoms with Crippen molar-refractivity contribution in [2.75, 3.05) is 26.7 Å². The number of rotatable bonds is 4. The monoisotopic (exact) mass is 327 g/mol. The first-order chi connectivity index (χ1) is 11.7. The third kappa shape index (κ3) is 3.95. The van der Waals surface area contributed by atoms with E-state index in [-0.39, 0.29) is 18.1 Å². The normalized spacial score (nSPS) is 23.6. The number of benzene rings is 1. The lowest BCUT2D eigenvalue weighted by Gasteiger charge is -2.44. The second kappa shape index (κ2) is 7.78. The number of nitrogens with zero attached hydrogens (tertiary/aromatic N) is 3. The van der Waals surface area contributed by atoms with Crippen LogP contribution in [-0.4, -0.2) is 54.6 Å². The predicted molar refractivity (Wildman–Crippen MR) is 91.2 cm³/mol. The van der Waals surface area contributed by atoms with Crippen molar-refractivity contribution in [3.63, 3.8) is 0 Å². The first-order valence-electron chi connectivity index (χ1n) is 8.76. The fraction of sp³-hybridized carbons (Fsp3) is 0.579. The smallest absolute Gasteiger partial charge is 0.237 e. The van der Waals surface area contributed by atoms with Gasteiger partial charge in [-0.15, -0.1) is 0 Å². The van der Waals surface area contributed by atoms with Gasteiger partial charge in [0.2, 0.25) is 5.91 Å². The Balaban J connectivity index is 1.56. The number of nitriles is 1. The molecule has 1 heterocycles. The average Bonchev–Trinajstić information content (AvgIpc) is 2.61. The number of ether oxygens (including phenoxy) is 1. The van der Waals surface area contributed by atoms with Gasteiger partial charge < -0.3 is 9.64 Å². The molecule has 5 heteroatoms. The summed E-state index contributed by atoms with van der Waals surface area (Å²) in [6.45, 7) is 2.50. The molecule has 0 N–H and O–H groups in total. The van der Waals surface area contributed by atoms with Crippen LogP contribution < -0.4 is 0 Å². The molecule has 24 heavy (non-hydrogen) atoms. The van der Waals surface area contributed by atoms with E-state index in [4.69, 9.17) is 10.00 Å². The summed E-state index contributed by atoms with van der Waals surface area (Å²) in [5.41, 5.74) is 1.77. The summed E-state index contributed by atoms with van der Waals surface area (Å²) in [5.74, 6) is 0.200. The van der Waals surface area contributed by atoms with Crippen LogP contribution in [0.4, 0.5) is 0 Å². The van der Waals surface area contributed by atoms with Gasteiger partial charge in [0.1, 0.15) is 0 Å². The first-order valence-corrected chi connectivity index (χ1v) is 8.76. The van der Waals surface area contributed by atoms with Crippen molar-refractivity contribution in [3.05, 3.63) is 35.4 Å². The Hall–Kier alpha value is -1.90. The molecule has 2 fully saturated rings. The maximum atomic E-state index is 12.7. The summed E-state index contributed by atoms with van der Waals surface area (Å²) >= 11 is 0. The third-order valence-electron chi connectivity index (χ3n) is 4.99. The van der Waals surface area contributed by atoms with Crippen LogP contribution in [0, 0.1) is 11.3 Å². The van der Waals surface area contributed by atoms with E-state index in [1.807, 2.05) is 41.1 Å². The van der Waals surface area contributed by atoms with E-state index in [2.05, 4.69) is 6.07 Å². The molecular weight excluding hydrogens is 302 g/mol. The molecule has 1 aliphatic carbocycles. The molecule has 2 atom stereocenters. The highest BCUT2D eigenvalue weighted by Crippen LogP contribution is 2.28. The van der Waals surface area contributed by atoms with Crippen molar-refractivity contribution in [1.82, 2.24) is 9.80 Å². The summed E-state index contributed by atoms with van der Waals surface area (Å²) in [5, 5.41) is 8.85. The second-order valence-electron chi connectivity index (χ2n) is 6.83. The Bertz CT molecular complexity index is 606. The number of hydrogen-bond acceptors (Lipinski definition) is 4. The average molecular weight is 327 g/mol. The number of carbonyl (C=O) groups is 1. The van der Waals surface area contributed by atoms with Crippen LogP contribution in [-0.2, 0) is 16.1 Å². The van der Waals surface area contributed by atoms with Crippen LogP contribution in [0.1, 0.15) is 36.8 Å². The van der Waals surface area contributed by atoms with Gasteiger partial charge in [-0.2, -0.15) is 5.26 Å². The number of morpholine rings is 1. The molecule has 1 aromatic carbocycles. The van der Waals surface area contributed by atoms with Crippen molar-refractivity contribution < 1.29 is 9.53 Å². The van der Waals surface area contributed by atoms with E-state index in [1.165, 1.54) is 12.8 Å². The summed E-state index contributed by atoms with van der Waals surface area (Å²) < 4.78 is 5.85. The molecular formula is C19H25N3O2. The minimum Gasteiger partial charge on any atom is -0.374 e. The Kier molecular flexibility index (Phi) is 5.49. The molecule has 0 radical (unpaired) electrons. The van der Waals surface area contributed by atoms with Gasteiger partial charge in [-0.1, -0.05) is 25.0 Å². The van der Waals surface area contributed by atoms with Gasteiger partial charge in [-0.05, 0) is 37.6 Å². The third-order valence-corrected chi connectivity index (χ3v) is 4.99. The van der Waals surface area contributed by atoms with Gasteiger partial charge in [0.05, 0.1) is 36.9 Å². The molecule has 1 amide bonds. The van der Waals surface area contributed by atoms with E-state index in [0.29, 0.717) is 31.8 Å². The molecule has 0 unspecified atom stereocenters. The first kappa shape index (κ1) is 16.9. The topological polar surface area (TPSA) is 56.6 Å². The second-order valence-corrected chi connectivity index (χ2v) is 6.83. The van der Waals surface area contributed by atoms with Crippen LogP contribution in [0.25, 0.3) is 0 Å². The summed E-state index contributed by atoms with van der Waals surface area (Å²) in [7, 11) is 1.97. The highest BCUT2D eigenvalue weighted by molar-refractivity contribution is 5.78. The molecule has 5 nitrogen and oxygen atoms in total. The molecule has 1 aliphatic heterocycles. The van der Waals surface area contributed by atoms with Gasteiger partial charge in [0, 0.05) is 13.1 Å².